The van der Waals surface area contributed by atoms with Gasteiger partial charge in [0.1, 0.15) is 11.4 Å². The monoisotopic (exact) mass is 499 g/mol. The Morgan fingerprint density at radius 3 is 2.69 bits per heavy atom. The number of hydrogen-bond acceptors (Lipinski definition) is 6. The molecule has 1 N–H and O–H groups in total. The molecule has 0 unspecified atom stereocenters. The van der Waals surface area contributed by atoms with Crippen LogP contribution >= 0.6 is 11.6 Å². The predicted octanol–water partition coefficient (Wildman–Crippen LogP) is 4.91. The molecule has 1 saturated heterocycles. The largest absolute Gasteiger partial charge is 0.437 e. The minimum absolute atomic E-state index is 0.138. The fourth-order valence-electron chi connectivity index (χ4n) is 4.39. The van der Waals surface area contributed by atoms with E-state index in [-0.39, 0.29) is 6.10 Å². The minimum Gasteiger partial charge on any atom is -0.437 e. The fraction of sp³-hybridized carbons (Fsp3) is 0.444. The van der Waals surface area contributed by atoms with Crippen LogP contribution in [0.1, 0.15) is 25.3 Å². The van der Waals surface area contributed by atoms with Gasteiger partial charge in [-0.05, 0) is 31.9 Å². The molecule has 1 aliphatic heterocycles. The molecule has 2 heterocycles. The van der Waals surface area contributed by atoms with Crippen molar-refractivity contribution in [2.75, 3.05) is 32.9 Å². The zero-order chi connectivity index (χ0) is 24.6. The van der Waals surface area contributed by atoms with Crippen molar-refractivity contribution in [3.8, 4) is 22.9 Å². The summed E-state index contributed by atoms with van der Waals surface area (Å²) in [5.41, 5.74) is 2.77. The van der Waals surface area contributed by atoms with Gasteiger partial charge in [0, 0.05) is 45.5 Å². The Balaban J connectivity index is 1.68. The van der Waals surface area contributed by atoms with Gasteiger partial charge in [0.05, 0.1) is 29.4 Å². The average molecular weight is 500 g/mol. The molecule has 1 aromatic heterocycles. The summed E-state index contributed by atoms with van der Waals surface area (Å²) in [7, 11) is 1.87. The van der Waals surface area contributed by atoms with Gasteiger partial charge in [0.2, 0.25) is 5.88 Å². The highest BCUT2D eigenvalue weighted by Crippen LogP contribution is 2.36. The maximum absolute atomic E-state index is 10.7. The third-order valence-corrected chi connectivity index (χ3v) is 6.34. The van der Waals surface area contributed by atoms with Crippen LogP contribution in [0.25, 0.3) is 11.3 Å². The first-order valence-corrected chi connectivity index (χ1v) is 12.6. The second kappa shape index (κ2) is 12.5. The summed E-state index contributed by atoms with van der Waals surface area (Å²) in [5.74, 6) is 1.19. The lowest BCUT2D eigenvalue weighted by Crippen LogP contribution is -2.39. The van der Waals surface area contributed by atoms with E-state index in [1.54, 1.807) is 10.7 Å². The lowest BCUT2D eigenvalue weighted by atomic mass is 10.1. The van der Waals surface area contributed by atoms with E-state index in [1.807, 2.05) is 62.5 Å². The smallest absolute Gasteiger partial charge is 0.222 e. The summed E-state index contributed by atoms with van der Waals surface area (Å²) < 4.78 is 19.5. The zero-order valence-corrected chi connectivity index (χ0v) is 21.2. The number of aliphatic hydroxyl groups is 1. The molecule has 188 valence electrons. The van der Waals surface area contributed by atoms with Crippen LogP contribution in [0.3, 0.4) is 0 Å². The van der Waals surface area contributed by atoms with E-state index >= 15 is 0 Å². The topological polar surface area (TPSA) is 69.0 Å². The Morgan fingerprint density at radius 2 is 1.97 bits per heavy atom. The first-order valence-electron chi connectivity index (χ1n) is 12.2. The molecule has 4 rings (SSSR count). The summed E-state index contributed by atoms with van der Waals surface area (Å²) in [6.07, 6.45) is 1.60. The predicted molar refractivity (Wildman–Crippen MR) is 137 cm³/mol. The van der Waals surface area contributed by atoms with E-state index in [9.17, 15) is 5.11 Å². The normalized spacial score (nSPS) is 16.7. The van der Waals surface area contributed by atoms with Crippen molar-refractivity contribution >= 4 is 11.6 Å². The first-order chi connectivity index (χ1) is 17.0. The molecule has 3 aromatic rings. The Labute approximate surface area is 212 Å². The second-order valence-electron chi connectivity index (χ2n) is 8.80. The fourth-order valence-corrected chi connectivity index (χ4v) is 4.56. The highest BCUT2D eigenvalue weighted by molar-refractivity contribution is 6.32. The molecular weight excluding hydrogens is 466 g/mol. The van der Waals surface area contributed by atoms with E-state index in [0.717, 1.165) is 36.3 Å². The van der Waals surface area contributed by atoms with Gasteiger partial charge in [-0.15, -0.1) is 0 Å². The van der Waals surface area contributed by atoms with Gasteiger partial charge in [-0.25, -0.2) is 4.68 Å². The van der Waals surface area contributed by atoms with Gasteiger partial charge >= 0.3 is 0 Å². The van der Waals surface area contributed by atoms with Crippen LogP contribution in [0, 0.1) is 0 Å². The molecule has 0 radical (unpaired) electrons. The molecule has 1 fully saturated rings. The molecule has 8 heteroatoms. The van der Waals surface area contributed by atoms with Gasteiger partial charge in [-0.3, -0.25) is 4.90 Å². The quantitative estimate of drug-likeness (QED) is 0.382. The number of benzene rings is 2. The maximum Gasteiger partial charge on any atom is 0.222 e. The van der Waals surface area contributed by atoms with Crippen LogP contribution in [0.15, 0.2) is 54.6 Å². The summed E-state index contributed by atoms with van der Waals surface area (Å²) in [4.78, 5) is 2.21. The number of rotatable bonds is 12. The number of hydrogen-bond donors (Lipinski definition) is 1. The summed E-state index contributed by atoms with van der Waals surface area (Å²) in [6.45, 7) is 5.26. The molecule has 0 bridgehead atoms. The van der Waals surface area contributed by atoms with Crippen molar-refractivity contribution in [2.24, 2.45) is 7.05 Å². The lowest BCUT2D eigenvalue weighted by Gasteiger charge is -2.27. The number of aromatic nitrogens is 2. The van der Waals surface area contributed by atoms with E-state index in [4.69, 9.17) is 30.9 Å². The first kappa shape index (κ1) is 25.7. The Bertz CT molecular complexity index is 1070. The van der Waals surface area contributed by atoms with Gasteiger partial charge in [0.25, 0.3) is 0 Å². The van der Waals surface area contributed by atoms with E-state index in [0.29, 0.717) is 49.5 Å². The SMILES string of the molecule is CCOC[C@H](O)CN(Cc1c(-c2ccccc2)nn(C)c1Oc1ccccc1Cl)C[C@@H]1CCCO1. The third-order valence-electron chi connectivity index (χ3n) is 6.03. The Kier molecular flexibility index (Phi) is 9.18. The number of aliphatic hydroxyl groups excluding tert-OH is 1. The standard InChI is InChI=1S/C27H34ClN3O4/c1-3-33-19-21(32)16-31(17-22-12-9-15-34-22)18-23-26(20-10-5-4-6-11-20)29-30(2)27(23)35-25-14-8-7-13-24(25)28/h4-8,10-11,13-14,21-22,32H,3,9,12,15-19H2,1-2H3/t21-,22+/m1/s1. The lowest BCUT2D eigenvalue weighted by molar-refractivity contribution is 0.00505. The van der Waals surface area contributed by atoms with Crippen LogP contribution < -0.4 is 4.74 Å². The molecule has 7 nitrogen and oxygen atoms in total. The highest BCUT2D eigenvalue weighted by atomic mass is 35.5. The molecule has 2 atom stereocenters. The molecule has 1 aliphatic rings. The van der Waals surface area contributed by atoms with Crippen LogP contribution in [-0.2, 0) is 23.1 Å². The number of para-hydroxylation sites is 1. The highest BCUT2D eigenvalue weighted by Gasteiger charge is 2.26. The molecule has 35 heavy (non-hydrogen) atoms. The Morgan fingerprint density at radius 1 is 1.20 bits per heavy atom. The van der Waals surface area contributed by atoms with Crippen molar-refractivity contribution in [2.45, 2.75) is 38.5 Å². The second-order valence-corrected chi connectivity index (χ2v) is 9.20. The van der Waals surface area contributed by atoms with Crippen molar-refractivity contribution in [1.29, 1.82) is 0 Å². The van der Waals surface area contributed by atoms with Gasteiger partial charge in [0.15, 0.2) is 0 Å². The van der Waals surface area contributed by atoms with Crippen LogP contribution in [0.5, 0.6) is 11.6 Å². The van der Waals surface area contributed by atoms with Crippen LogP contribution in [-0.4, -0.2) is 64.9 Å². The molecule has 0 spiro atoms. The summed E-state index contributed by atoms with van der Waals surface area (Å²) in [6, 6.07) is 17.5. The molecule has 0 aliphatic carbocycles. The minimum atomic E-state index is -0.610. The average Bonchev–Trinajstić information content (AvgIpc) is 3.48. The number of halogens is 1. The van der Waals surface area contributed by atoms with E-state index in [1.165, 1.54) is 0 Å². The zero-order valence-electron chi connectivity index (χ0n) is 20.4. The van der Waals surface area contributed by atoms with Crippen LogP contribution in [0.2, 0.25) is 5.02 Å². The van der Waals surface area contributed by atoms with Crippen molar-refractivity contribution < 1.29 is 19.3 Å². The van der Waals surface area contributed by atoms with Crippen molar-refractivity contribution in [3.05, 3.63) is 65.2 Å². The molecule has 0 saturated carbocycles. The van der Waals surface area contributed by atoms with Gasteiger partial charge < -0.3 is 19.3 Å². The summed E-state index contributed by atoms with van der Waals surface area (Å²) in [5, 5.41) is 16.0. The van der Waals surface area contributed by atoms with Crippen LogP contribution in [0.4, 0.5) is 0 Å². The molecular formula is C27H34ClN3O4. The number of nitrogens with zero attached hydrogens (tertiary/aromatic N) is 3. The number of ether oxygens (including phenoxy) is 3. The van der Waals surface area contributed by atoms with E-state index in [2.05, 4.69) is 4.90 Å². The van der Waals surface area contributed by atoms with Crippen molar-refractivity contribution in [1.82, 2.24) is 14.7 Å². The van der Waals surface area contributed by atoms with E-state index < -0.39 is 6.10 Å². The number of aryl methyl sites for hydroxylation is 1. The molecule has 0 amide bonds. The van der Waals surface area contributed by atoms with Gasteiger partial charge in [-0.1, -0.05) is 54.1 Å². The van der Waals surface area contributed by atoms with Crippen molar-refractivity contribution in [3.63, 3.8) is 0 Å². The maximum atomic E-state index is 10.7. The van der Waals surface area contributed by atoms with Gasteiger partial charge in [-0.2, -0.15) is 5.10 Å². The Hall–Kier alpha value is -2.42. The molecule has 2 aromatic carbocycles. The summed E-state index contributed by atoms with van der Waals surface area (Å²) >= 11 is 6.41. The third kappa shape index (κ3) is 6.84.